The molecule has 0 aliphatic carbocycles. The molecule has 1 aromatic rings. The molecule has 0 fully saturated rings. The van der Waals surface area contributed by atoms with Crippen LogP contribution < -0.4 is 0 Å². The predicted molar refractivity (Wildman–Crippen MR) is 62.7 cm³/mol. The molecular weight excluding hydrogens is 262 g/mol. The molecule has 1 heterocycles. The zero-order valence-electron chi connectivity index (χ0n) is 7.37. The summed E-state index contributed by atoms with van der Waals surface area (Å²) in [5.74, 6) is 0.489. The highest BCUT2D eigenvalue weighted by molar-refractivity contribution is 9.10. The van der Waals surface area contributed by atoms with Gasteiger partial charge in [-0.2, -0.15) is 0 Å². The first-order valence-corrected chi connectivity index (χ1v) is 5.99. The number of amides is 1. The normalized spacial score (nSPS) is 15.8. The van der Waals surface area contributed by atoms with Crippen molar-refractivity contribution in [2.45, 2.75) is 6.42 Å². The first kappa shape index (κ1) is 9.93. The van der Waals surface area contributed by atoms with Crippen molar-refractivity contribution in [3.63, 3.8) is 0 Å². The van der Waals surface area contributed by atoms with Crippen LogP contribution in [0.2, 0.25) is 0 Å². The number of benzene rings is 1. The van der Waals surface area contributed by atoms with Crippen molar-refractivity contribution in [2.75, 3.05) is 5.75 Å². The quantitative estimate of drug-likeness (QED) is 0.826. The molecule has 0 saturated heterocycles. The van der Waals surface area contributed by atoms with Gasteiger partial charge in [0.1, 0.15) is 0 Å². The van der Waals surface area contributed by atoms with Crippen molar-refractivity contribution in [1.29, 1.82) is 0 Å². The Kier molecular flexibility index (Phi) is 3.03. The molecule has 1 aromatic carbocycles. The third-order valence-corrected chi connectivity index (χ3v) is 3.31. The summed E-state index contributed by atoms with van der Waals surface area (Å²) in [6.45, 7) is 0. The van der Waals surface area contributed by atoms with Gasteiger partial charge < -0.3 is 0 Å². The van der Waals surface area contributed by atoms with Gasteiger partial charge in [0.2, 0.25) is 0 Å². The van der Waals surface area contributed by atoms with Gasteiger partial charge in [0.15, 0.2) is 0 Å². The van der Waals surface area contributed by atoms with Crippen LogP contribution in [0, 0.1) is 0 Å². The molecule has 0 aromatic heterocycles. The molecular formula is C10H8BrNOS. The Morgan fingerprint density at radius 1 is 1.50 bits per heavy atom. The maximum atomic E-state index is 10.9. The van der Waals surface area contributed by atoms with Gasteiger partial charge >= 0.3 is 0 Å². The topological polar surface area (TPSA) is 29.4 Å². The van der Waals surface area contributed by atoms with Crippen LogP contribution in [0.5, 0.6) is 0 Å². The van der Waals surface area contributed by atoms with E-state index in [0.29, 0.717) is 5.75 Å². The minimum absolute atomic E-state index is 0.0139. The molecule has 0 N–H and O–H groups in total. The highest BCUT2D eigenvalue weighted by atomic mass is 79.9. The molecule has 0 bridgehead atoms. The fourth-order valence-corrected chi connectivity index (χ4v) is 2.50. The molecule has 0 atom stereocenters. The third-order valence-electron chi connectivity index (χ3n) is 1.86. The number of halogens is 1. The fourth-order valence-electron chi connectivity index (χ4n) is 1.26. The van der Waals surface area contributed by atoms with E-state index < -0.39 is 0 Å². The molecule has 4 heteroatoms. The maximum Gasteiger partial charge on any atom is 0.256 e. The SMILES string of the molecule is O=C1CSC(Cc2cccc(Br)c2)=N1. The summed E-state index contributed by atoms with van der Waals surface area (Å²) in [6.07, 6.45) is 0.760. The number of aliphatic imine (C=N–C) groups is 1. The van der Waals surface area contributed by atoms with Gasteiger partial charge in [0, 0.05) is 10.9 Å². The van der Waals surface area contributed by atoms with E-state index in [0.717, 1.165) is 15.9 Å². The van der Waals surface area contributed by atoms with Gasteiger partial charge in [-0.1, -0.05) is 28.1 Å². The molecule has 14 heavy (non-hydrogen) atoms. The molecule has 0 spiro atoms. The van der Waals surface area contributed by atoms with E-state index in [4.69, 9.17) is 0 Å². The summed E-state index contributed by atoms with van der Waals surface area (Å²) in [5.41, 5.74) is 1.18. The van der Waals surface area contributed by atoms with Crippen molar-refractivity contribution < 1.29 is 4.79 Å². The van der Waals surface area contributed by atoms with Crippen LogP contribution in [0.15, 0.2) is 33.7 Å². The molecule has 0 radical (unpaired) electrons. The minimum atomic E-state index is -0.0139. The Bertz CT molecular complexity index is 403. The monoisotopic (exact) mass is 269 g/mol. The van der Waals surface area contributed by atoms with Gasteiger partial charge in [0.25, 0.3) is 5.91 Å². The lowest BCUT2D eigenvalue weighted by molar-refractivity contribution is -0.115. The smallest absolute Gasteiger partial charge is 0.256 e. The van der Waals surface area contributed by atoms with Crippen LogP contribution in [-0.2, 0) is 11.2 Å². The number of hydrogen-bond donors (Lipinski definition) is 0. The molecule has 0 unspecified atom stereocenters. The van der Waals surface area contributed by atoms with Crippen molar-refractivity contribution in [1.82, 2.24) is 0 Å². The highest BCUT2D eigenvalue weighted by Gasteiger charge is 2.14. The van der Waals surface area contributed by atoms with Crippen LogP contribution in [0.4, 0.5) is 0 Å². The largest absolute Gasteiger partial charge is 0.272 e. The number of carbonyl (C=O) groups is 1. The molecule has 0 saturated carbocycles. The van der Waals surface area contributed by atoms with Crippen molar-refractivity contribution in [3.05, 3.63) is 34.3 Å². The van der Waals surface area contributed by atoms with E-state index in [9.17, 15) is 4.79 Å². The van der Waals surface area contributed by atoms with Crippen LogP contribution in [0.3, 0.4) is 0 Å². The molecule has 72 valence electrons. The lowest BCUT2D eigenvalue weighted by Crippen LogP contribution is -1.94. The van der Waals surface area contributed by atoms with E-state index in [-0.39, 0.29) is 5.91 Å². The molecule has 2 rings (SSSR count). The lowest BCUT2D eigenvalue weighted by Gasteiger charge is -1.99. The van der Waals surface area contributed by atoms with Gasteiger partial charge in [-0.15, -0.1) is 11.8 Å². The Hall–Kier alpha value is -0.610. The number of rotatable bonds is 2. The first-order chi connectivity index (χ1) is 6.74. The fraction of sp³-hybridized carbons (Fsp3) is 0.200. The molecule has 1 aliphatic heterocycles. The van der Waals surface area contributed by atoms with Crippen LogP contribution >= 0.6 is 27.7 Å². The van der Waals surface area contributed by atoms with Gasteiger partial charge in [0.05, 0.1) is 10.8 Å². The van der Waals surface area contributed by atoms with Crippen molar-refractivity contribution >= 4 is 38.6 Å². The van der Waals surface area contributed by atoms with Gasteiger partial charge in [-0.3, -0.25) is 4.79 Å². The van der Waals surface area contributed by atoms with Gasteiger partial charge in [-0.25, -0.2) is 4.99 Å². The van der Waals surface area contributed by atoms with Crippen LogP contribution in [0.25, 0.3) is 0 Å². The van der Waals surface area contributed by atoms with E-state index in [1.54, 1.807) is 0 Å². The second kappa shape index (κ2) is 4.28. The van der Waals surface area contributed by atoms with E-state index in [1.165, 1.54) is 17.3 Å². The molecule has 1 amide bonds. The number of thioether (sulfide) groups is 1. The number of hydrogen-bond acceptors (Lipinski definition) is 2. The first-order valence-electron chi connectivity index (χ1n) is 4.22. The van der Waals surface area contributed by atoms with Crippen LogP contribution in [-0.4, -0.2) is 16.7 Å². The Morgan fingerprint density at radius 2 is 2.36 bits per heavy atom. The van der Waals surface area contributed by atoms with E-state index >= 15 is 0 Å². The summed E-state index contributed by atoms with van der Waals surface area (Å²) in [6, 6.07) is 8.06. The Balaban J connectivity index is 2.11. The summed E-state index contributed by atoms with van der Waals surface area (Å²) >= 11 is 4.95. The Labute approximate surface area is 94.9 Å². The predicted octanol–water partition coefficient (Wildman–Crippen LogP) is 2.66. The van der Waals surface area contributed by atoms with Crippen LogP contribution in [0.1, 0.15) is 5.56 Å². The Morgan fingerprint density at radius 3 is 3.00 bits per heavy atom. The zero-order chi connectivity index (χ0) is 9.97. The van der Waals surface area contributed by atoms with Gasteiger partial charge in [-0.05, 0) is 17.7 Å². The average Bonchev–Trinajstić information content (AvgIpc) is 2.51. The summed E-state index contributed by atoms with van der Waals surface area (Å²) in [5, 5.41) is 0.924. The molecule has 1 aliphatic rings. The average molecular weight is 270 g/mol. The highest BCUT2D eigenvalue weighted by Crippen LogP contribution is 2.19. The summed E-state index contributed by atoms with van der Waals surface area (Å²) < 4.78 is 1.06. The summed E-state index contributed by atoms with van der Waals surface area (Å²) in [7, 11) is 0. The van der Waals surface area contributed by atoms with E-state index in [1.807, 2.05) is 24.3 Å². The second-order valence-electron chi connectivity index (χ2n) is 2.99. The second-order valence-corrected chi connectivity index (χ2v) is 4.96. The molecule has 2 nitrogen and oxygen atoms in total. The minimum Gasteiger partial charge on any atom is -0.272 e. The number of carbonyl (C=O) groups excluding carboxylic acids is 1. The lowest BCUT2D eigenvalue weighted by atomic mass is 10.2. The maximum absolute atomic E-state index is 10.9. The van der Waals surface area contributed by atoms with Crippen molar-refractivity contribution in [3.8, 4) is 0 Å². The third kappa shape index (κ3) is 2.45. The standard InChI is InChI=1S/C10H8BrNOS/c11-8-3-1-2-7(4-8)5-10-12-9(13)6-14-10/h1-4H,5-6H2. The number of nitrogens with zero attached hydrogens (tertiary/aromatic N) is 1. The zero-order valence-corrected chi connectivity index (χ0v) is 9.77. The van der Waals surface area contributed by atoms with Crippen molar-refractivity contribution in [2.24, 2.45) is 4.99 Å². The van der Waals surface area contributed by atoms with E-state index in [2.05, 4.69) is 20.9 Å². The summed E-state index contributed by atoms with van der Waals surface area (Å²) in [4.78, 5) is 14.8.